The van der Waals surface area contributed by atoms with Crippen LogP contribution in [-0.4, -0.2) is 30.1 Å². The van der Waals surface area contributed by atoms with Crippen molar-refractivity contribution in [2.75, 3.05) is 12.4 Å². The zero-order valence-corrected chi connectivity index (χ0v) is 14.5. The SMILES string of the molecule is COc1ccc(Cl)cc1NC(=O)C(C)OC(=O)C=Cc1ccccn1. The van der Waals surface area contributed by atoms with Crippen molar-refractivity contribution in [3.8, 4) is 5.75 Å². The second-order valence-electron chi connectivity index (χ2n) is 5.00. The van der Waals surface area contributed by atoms with E-state index in [1.165, 1.54) is 26.2 Å². The van der Waals surface area contributed by atoms with E-state index in [1.807, 2.05) is 0 Å². The number of pyridine rings is 1. The topological polar surface area (TPSA) is 77.5 Å². The van der Waals surface area contributed by atoms with Gasteiger partial charge in [0, 0.05) is 17.3 Å². The van der Waals surface area contributed by atoms with Gasteiger partial charge in [0.1, 0.15) is 5.75 Å². The standard InChI is InChI=1S/C18H17ClN2O4/c1-12(25-17(22)9-7-14-5-3-4-10-20-14)18(23)21-15-11-13(19)6-8-16(15)24-2/h3-12H,1-2H3,(H,21,23). The highest BCUT2D eigenvalue weighted by Gasteiger charge is 2.18. The predicted molar refractivity (Wildman–Crippen MR) is 95.5 cm³/mol. The van der Waals surface area contributed by atoms with Crippen LogP contribution in [-0.2, 0) is 14.3 Å². The van der Waals surface area contributed by atoms with Gasteiger partial charge in [0.25, 0.3) is 5.91 Å². The molecule has 1 amide bonds. The van der Waals surface area contributed by atoms with Crippen molar-refractivity contribution in [1.82, 2.24) is 4.98 Å². The number of nitrogens with zero attached hydrogens (tertiary/aromatic N) is 1. The number of amides is 1. The Kier molecular flexibility index (Phi) is 6.54. The van der Waals surface area contributed by atoms with Crippen molar-refractivity contribution in [3.63, 3.8) is 0 Å². The van der Waals surface area contributed by atoms with Crippen LogP contribution < -0.4 is 10.1 Å². The summed E-state index contributed by atoms with van der Waals surface area (Å²) in [4.78, 5) is 28.0. The van der Waals surface area contributed by atoms with E-state index in [2.05, 4.69) is 10.3 Å². The molecule has 0 fully saturated rings. The smallest absolute Gasteiger partial charge is 0.331 e. The van der Waals surface area contributed by atoms with E-state index in [-0.39, 0.29) is 0 Å². The minimum Gasteiger partial charge on any atom is -0.495 e. The maximum absolute atomic E-state index is 12.2. The molecule has 1 aromatic heterocycles. The molecule has 0 radical (unpaired) electrons. The zero-order chi connectivity index (χ0) is 18.2. The van der Waals surface area contributed by atoms with E-state index in [9.17, 15) is 9.59 Å². The van der Waals surface area contributed by atoms with E-state index < -0.39 is 18.0 Å². The van der Waals surface area contributed by atoms with Crippen molar-refractivity contribution in [1.29, 1.82) is 0 Å². The summed E-state index contributed by atoms with van der Waals surface area (Å²) in [5.41, 5.74) is 1.01. The summed E-state index contributed by atoms with van der Waals surface area (Å²) in [6.07, 6.45) is 3.34. The number of anilines is 1. The molecule has 0 spiro atoms. The highest BCUT2D eigenvalue weighted by atomic mass is 35.5. The summed E-state index contributed by atoms with van der Waals surface area (Å²) < 4.78 is 10.2. The molecule has 1 unspecified atom stereocenters. The Morgan fingerprint density at radius 2 is 2.08 bits per heavy atom. The zero-order valence-electron chi connectivity index (χ0n) is 13.7. The first-order chi connectivity index (χ1) is 12.0. The molecule has 0 bridgehead atoms. The lowest BCUT2D eigenvalue weighted by atomic mass is 10.2. The normalized spacial score (nSPS) is 11.8. The molecule has 0 aliphatic heterocycles. The summed E-state index contributed by atoms with van der Waals surface area (Å²) in [5, 5.41) is 3.06. The monoisotopic (exact) mass is 360 g/mol. The van der Waals surface area contributed by atoms with Crippen LogP contribution in [0.2, 0.25) is 5.02 Å². The summed E-state index contributed by atoms with van der Waals surface area (Å²) >= 11 is 5.91. The number of hydrogen-bond acceptors (Lipinski definition) is 5. The average molecular weight is 361 g/mol. The van der Waals surface area contributed by atoms with Gasteiger partial charge in [0.15, 0.2) is 6.10 Å². The third-order valence-electron chi connectivity index (χ3n) is 3.16. The number of ether oxygens (including phenoxy) is 2. The second-order valence-corrected chi connectivity index (χ2v) is 5.44. The number of nitrogens with one attached hydrogen (secondary N) is 1. The Hall–Kier alpha value is -2.86. The molecule has 1 aromatic carbocycles. The fourth-order valence-electron chi connectivity index (χ4n) is 1.91. The number of carbonyl (C=O) groups is 2. The first-order valence-electron chi connectivity index (χ1n) is 7.43. The number of halogens is 1. The van der Waals surface area contributed by atoms with Gasteiger partial charge in [-0.2, -0.15) is 0 Å². The lowest BCUT2D eigenvalue weighted by molar-refractivity contribution is -0.148. The van der Waals surface area contributed by atoms with E-state index in [0.29, 0.717) is 22.2 Å². The van der Waals surface area contributed by atoms with Crippen LogP contribution in [0.25, 0.3) is 6.08 Å². The Morgan fingerprint density at radius 1 is 1.28 bits per heavy atom. The van der Waals surface area contributed by atoms with Crippen molar-refractivity contribution < 1.29 is 19.1 Å². The lowest BCUT2D eigenvalue weighted by Crippen LogP contribution is -2.29. The molecule has 1 N–H and O–H groups in total. The minimum absolute atomic E-state index is 0.395. The van der Waals surface area contributed by atoms with Crippen LogP contribution in [0.1, 0.15) is 12.6 Å². The molecule has 0 aliphatic carbocycles. The number of esters is 1. The summed E-state index contributed by atoms with van der Waals surface area (Å²) in [6, 6.07) is 10.1. The van der Waals surface area contributed by atoms with Crippen LogP contribution >= 0.6 is 11.6 Å². The molecule has 0 saturated carbocycles. The molecule has 7 heteroatoms. The molecule has 1 atom stereocenters. The highest BCUT2D eigenvalue weighted by molar-refractivity contribution is 6.31. The van der Waals surface area contributed by atoms with Crippen molar-refractivity contribution in [2.45, 2.75) is 13.0 Å². The van der Waals surface area contributed by atoms with Gasteiger partial charge < -0.3 is 14.8 Å². The molecular formula is C18H17ClN2O4. The fraction of sp³-hybridized carbons (Fsp3) is 0.167. The molecule has 0 saturated heterocycles. The van der Waals surface area contributed by atoms with E-state index in [0.717, 1.165) is 0 Å². The van der Waals surface area contributed by atoms with Gasteiger partial charge in [-0.25, -0.2) is 4.79 Å². The second kappa shape index (κ2) is 8.84. The van der Waals surface area contributed by atoms with Crippen LogP contribution in [0.5, 0.6) is 5.75 Å². The van der Waals surface area contributed by atoms with Crippen molar-refractivity contribution in [3.05, 3.63) is 59.4 Å². The summed E-state index contributed by atoms with van der Waals surface area (Å²) in [5.74, 6) is -0.696. The molecule has 2 aromatic rings. The number of aromatic nitrogens is 1. The Bertz CT molecular complexity index is 778. The number of hydrogen-bond donors (Lipinski definition) is 1. The van der Waals surface area contributed by atoms with Gasteiger partial charge in [-0.3, -0.25) is 9.78 Å². The number of benzene rings is 1. The number of carbonyl (C=O) groups excluding carboxylic acids is 2. The highest BCUT2D eigenvalue weighted by Crippen LogP contribution is 2.27. The molecule has 0 aliphatic rings. The van der Waals surface area contributed by atoms with Gasteiger partial charge in [0.05, 0.1) is 18.5 Å². The van der Waals surface area contributed by atoms with Crippen LogP contribution in [0.15, 0.2) is 48.7 Å². The Labute approximate surface area is 150 Å². The lowest BCUT2D eigenvalue weighted by Gasteiger charge is -2.14. The number of rotatable bonds is 6. The molecule has 25 heavy (non-hydrogen) atoms. The maximum Gasteiger partial charge on any atom is 0.331 e. The van der Waals surface area contributed by atoms with Crippen LogP contribution in [0, 0.1) is 0 Å². The fourth-order valence-corrected chi connectivity index (χ4v) is 2.08. The molecule has 1 heterocycles. The van der Waals surface area contributed by atoms with Gasteiger partial charge in [-0.1, -0.05) is 17.7 Å². The van der Waals surface area contributed by atoms with Gasteiger partial charge in [-0.15, -0.1) is 0 Å². The third kappa shape index (κ3) is 5.61. The van der Waals surface area contributed by atoms with Gasteiger partial charge in [-0.05, 0) is 43.3 Å². The first-order valence-corrected chi connectivity index (χ1v) is 7.81. The third-order valence-corrected chi connectivity index (χ3v) is 3.39. The van der Waals surface area contributed by atoms with Crippen LogP contribution in [0.3, 0.4) is 0 Å². The predicted octanol–water partition coefficient (Wildman–Crippen LogP) is 3.33. The minimum atomic E-state index is -0.996. The van der Waals surface area contributed by atoms with E-state index >= 15 is 0 Å². The largest absolute Gasteiger partial charge is 0.495 e. The van der Waals surface area contributed by atoms with Gasteiger partial charge >= 0.3 is 5.97 Å². The van der Waals surface area contributed by atoms with Crippen molar-refractivity contribution in [2.24, 2.45) is 0 Å². The van der Waals surface area contributed by atoms with Crippen LogP contribution in [0.4, 0.5) is 5.69 Å². The summed E-state index contributed by atoms with van der Waals surface area (Å²) in [7, 11) is 1.48. The summed E-state index contributed by atoms with van der Waals surface area (Å²) in [6.45, 7) is 1.47. The average Bonchev–Trinajstić information content (AvgIpc) is 2.61. The van der Waals surface area contributed by atoms with Crippen molar-refractivity contribution >= 4 is 35.2 Å². The number of methoxy groups -OCH3 is 1. The maximum atomic E-state index is 12.2. The Morgan fingerprint density at radius 3 is 2.76 bits per heavy atom. The quantitative estimate of drug-likeness (QED) is 0.631. The molecule has 130 valence electrons. The molecule has 2 rings (SSSR count). The molecular weight excluding hydrogens is 344 g/mol. The van der Waals surface area contributed by atoms with E-state index in [4.69, 9.17) is 21.1 Å². The first kappa shape index (κ1) is 18.5. The van der Waals surface area contributed by atoms with E-state index in [1.54, 1.807) is 42.6 Å². The van der Waals surface area contributed by atoms with Gasteiger partial charge in [0.2, 0.25) is 0 Å². The Balaban J connectivity index is 1.95. The molecule has 6 nitrogen and oxygen atoms in total.